The summed E-state index contributed by atoms with van der Waals surface area (Å²) in [6.07, 6.45) is 0. The maximum atomic E-state index is 12.4. The molecular weight excluding hydrogens is 328 g/mol. The molecule has 0 saturated heterocycles. The number of methoxy groups -OCH3 is 1. The number of carbonyl (C=O) groups excluding carboxylic acids is 1. The van der Waals surface area contributed by atoms with Crippen molar-refractivity contribution in [3.05, 3.63) is 40.5 Å². The van der Waals surface area contributed by atoms with E-state index in [0.29, 0.717) is 16.5 Å². The lowest BCUT2D eigenvalue weighted by Crippen LogP contribution is -2.24. The third-order valence-electron chi connectivity index (χ3n) is 3.70. The van der Waals surface area contributed by atoms with Crippen molar-refractivity contribution in [1.29, 1.82) is 0 Å². The monoisotopic (exact) mass is 348 g/mol. The number of nitrogens with one attached hydrogen (secondary N) is 1. The SMILES string of the molecule is CCN(CC)c1ccc(C(=O)Nc2cc(C)c(Cl)cc2OC)nn1. The van der Waals surface area contributed by atoms with Crippen molar-refractivity contribution < 1.29 is 9.53 Å². The fourth-order valence-corrected chi connectivity index (χ4v) is 2.43. The molecule has 24 heavy (non-hydrogen) atoms. The molecule has 0 bridgehead atoms. The average molecular weight is 349 g/mol. The summed E-state index contributed by atoms with van der Waals surface area (Å²) in [5, 5.41) is 11.5. The highest BCUT2D eigenvalue weighted by molar-refractivity contribution is 6.31. The van der Waals surface area contributed by atoms with Crippen LogP contribution in [-0.4, -0.2) is 36.3 Å². The van der Waals surface area contributed by atoms with Crippen LogP contribution in [0.1, 0.15) is 29.9 Å². The molecule has 1 aromatic carbocycles. The third kappa shape index (κ3) is 3.94. The van der Waals surface area contributed by atoms with Gasteiger partial charge in [0.2, 0.25) is 0 Å². The number of hydrogen-bond donors (Lipinski definition) is 1. The number of ether oxygens (including phenoxy) is 1. The number of aryl methyl sites for hydroxylation is 1. The summed E-state index contributed by atoms with van der Waals surface area (Å²) >= 11 is 6.07. The van der Waals surface area contributed by atoms with Gasteiger partial charge in [-0.05, 0) is 44.5 Å². The van der Waals surface area contributed by atoms with Gasteiger partial charge in [-0.3, -0.25) is 4.79 Å². The second kappa shape index (κ2) is 7.97. The number of anilines is 2. The molecule has 0 aliphatic carbocycles. The van der Waals surface area contributed by atoms with Crippen molar-refractivity contribution in [2.24, 2.45) is 0 Å². The van der Waals surface area contributed by atoms with Crippen molar-refractivity contribution in [3.63, 3.8) is 0 Å². The fraction of sp³-hybridized carbons (Fsp3) is 0.353. The maximum absolute atomic E-state index is 12.4. The van der Waals surface area contributed by atoms with Crippen LogP contribution in [-0.2, 0) is 0 Å². The Hall–Kier alpha value is -2.34. The second-order valence-corrected chi connectivity index (χ2v) is 5.61. The van der Waals surface area contributed by atoms with Gasteiger partial charge in [-0.25, -0.2) is 0 Å². The molecule has 0 fully saturated rings. The van der Waals surface area contributed by atoms with E-state index in [-0.39, 0.29) is 11.6 Å². The Balaban J connectivity index is 2.20. The van der Waals surface area contributed by atoms with Gasteiger partial charge in [0.25, 0.3) is 5.91 Å². The third-order valence-corrected chi connectivity index (χ3v) is 4.11. The number of halogens is 1. The zero-order chi connectivity index (χ0) is 17.7. The number of rotatable bonds is 6. The fourth-order valence-electron chi connectivity index (χ4n) is 2.28. The van der Waals surface area contributed by atoms with E-state index in [1.165, 1.54) is 7.11 Å². The number of aromatic nitrogens is 2. The normalized spacial score (nSPS) is 10.4. The van der Waals surface area contributed by atoms with Crippen molar-refractivity contribution in [1.82, 2.24) is 10.2 Å². The quantitative estimate of drug-likeness (QED) is 0.864. The zero-order valence-electron chi connectivity index (χ0n) is 14.3. The first kappa shape index (κ1) is 18.0. The highest BCUT2D eigenvalue weighted by Gasteiger charge is 2.14. The summed E-state index contributed by atoms with van der Waals surface area (Å²) in [4.78, 5) is 14.4. The molecule has 0 aliphatic rings. The average Bonchev–Trinajstić information content (AvgIpc) is 2.59. The second-order valence-electron chi connectivity index (χ2n) is 5.20. The van der Waals surface area contributed by atoms with Crippen LogP contribution in [0.2, 0.25) is 5.02 Å². The van der Waals surface area contributed by atoms with Crippen molar-refractivity contribution >= 4 is 29.0 Å². The first-order valence-electron chi connectivity index (χ1n) is 7.74. The number of amides is 1. The molecule has 2 rings (SSSR count). The predicted molar refractivity (Wildman–Crippen MR) is 96.3 cm³/mol. The molecule has 1 N–H and O–H groups in total. The van der Waals surface area contributed by atoms with Gasteiger partial charge in [0.15, 0.2) is 11.5 Å². The van der Waals surface area contributed by atoms with Crippen molar-refractivity contribution in [3.8, 4) is 5.75 Å². The molecule has 0 aliphatic heterocycles. The zero-order valence-corrected chi connectivity index (χ0v) is 15.0. The number of carbonyl (C=O) groups is 1. The Morgan fingerprint density at radius 2 is 1.96 bits per heavy atom. The van der Waals surface area contributed by atoms with Crippen LogP contribution in [0.15, 0.2) is 24.3 Å². The van der Waals surface area contributed by atoms with Gasteiger partial charge >= 0.3 is 0 Å². The van der Waals surface area contributed by atoms with Crippen LogP contribution in [0.4, 0.5) is 11.5 Å². The Morgan fingerprint density at radius 1 is 1.25 bits per heavy atom. The predicted octanol–water partition coefficient (Wildman–Crippen LogP) is 3.55. The molecule has 0 radical (unpaired) electrons. The van der Waals surface area contributed by atoms with Gasteiger partial charge in [-0.2, -0.15) is 0 Å². The van der Waals surface area contributed by atoms with E-state index in [9.17, 15) is 4.79 Å². The standard InChI is InChI=1S/C17H21ClN4O2/c1-5-22(6-2)16-8-7-13(20-21-16)17(23)19-14-9-11(3)12(18)10-15(14)24-4/h7-10H,5-6H2,1-4H3,(H,19,23). The van der Waals surface area contributed by atoms with Gasteiger partial charge in [0.1, 0.15) is 5.75 Å². The minimum Gasteiger partial charge on any atom is -0.495 e. The lowest BCUT2D eigenvalue weighted by Gasteiger charge is -2.18. The van der Waals surface area contributed by atoms with E-state index in [0.717, 1.165) is 24.5 Å². The minimum atomic E-state index is -0.353. The van der Waals surface area contributed by atoms with Gasteiger partial charge in [-0.1, -0.05) is 11.6 Å². The summed E-state index contributed by atoms with van der Waals surface area (Å²) in [6, 6.07) is 6.88. The topological polar surface area (TPSA) is 67.4 Å². The molecule has 2 aromatic rings. The minimum absolute atomic E-state index is 0.237. The van der Waals surface area contributed by atoms with E-state index in [4.69, 9.17) is 16.3 Å². The van der Waals surface area contributed by atoms with Gasteiger partial charge in [0.05, 0.1) is 12.8 Å². The van der Waals surface area contributed by atoms with Crippen LogP contribution in [0.3, 0.4) is 0 Å². The van der Waals surface area contributed by atoms with Crippen molar-refractivity contribution in [2.75, 3.05) is 30.4 Å². The van der Waals surface area contributed by atoms with Crippen LogP contribution in [0, 0.1) is 6.92 Å². The van der Waals surface area contributed by atoms with Crippen LogP contribution < -0.4 is 15.0 Å². The summed E-state index contributed by atoms with van der Waals surface area (Å²) in [5.74, 6) is 0.886. The molecular formula is C17H21ClN4O2. The lowest BCUT2D eigenvalue weighted by molar-refractivity contribution is 0.102. The number of nitrogens with zero attached hydrogens (tertiary/aromatic N) is 3. The molecule has 7 heteroatoms. The molecule has 0 atom stereocenters. The Bertz CT molecular complexity index is 715. The Kier molecular flexibility index (Phi) is 5.98. The lowest BCUT2D eigenvalue weighted by atomic mass is 10.2. The molecule has 1 heterocycles. The Labute approximate surface area is 146 Å². The largest absolute Gasteiger partial charge is 0.495 e. The smallest absolute Gasteiger partial charge is 0.276 e. The molecule has 0 saturated carbocycles. The summed E-state index contributed by atoms with van der Waals surface area (Å²) in [5.41, 5.74) is 1.62. The van der Waals surface area contributed by atoms with E-state index >= 15 is 0 Å². The first-order valence-corrected chi connectivity index (χ1v) is 8.12. The van der Waals surface area contributed by atoms with E-state index in [1.54, 1.807) is 24.3 Å². The first-order chi connectivity index (χ1) is 11.5. The summed E-state index contributed by atoms with van der Waals surface area (Å²) in [7, 11) is 1.52. The molecule has 6 nitrogen and oxygen atoms in total. The van der Waals surface area contributed by atoms with Crippen molar-refractivity contribution in [2.45, 2.75) is 20.8 Å². The number of benzene rings is 1. The van der Waals surface area contributed by atoms with Gasteiger partial charge in [0, 0.05) is 24.2 Å². The maximum Gasteiger partial charge on any atom is 0.276 e. The van der Waals surface area contributed by atoms with E-state index in [2.05, 4.69) is 20.4 Å². The highest BCUT2D eigenvalue weighted by atomic mass is 35.5. The molecule has 0 spiro atoms. The van der Waals surface area contributed by atoms with Crippen LogP contribution >= 0.6 is 11.6 Å². The van der Waals surface area contributed by atoms with E-state index < -0.39 is 0 Å². The molecule has 1 amide bonds. The number of hydrogen-bond acceptors (Lipinski definition) is 5. The van der Waals surface area contributed by atoms with Gasteiger partial charge in [-0.15, -0.1) is 10.2 Å². The van der Waals surface area contributed by atoms with Crippen LogP contribution in [0.5, 0.6) is 5.75 Å². The van der Waals surface area contributed by atoms with E-state index in [1.807, 2.05) is 20.8 Å². The van der Waals surface area contributed by atoms with Gasteiger partial charge < -0.3 is 15.0 Å². The molecule has 128 valence electrons. The Morgan fingerprint density at radius 3 is 2.50 bits per heavy atom. The van der Waals surface area contributed by atoms with Crippen LogP contribution in [0.25, 0.3) is 0 Å². The molecule has 1 aromatic heterocycles. The summed E-state index contributed by atoms with van der Waals surface area (Å²) in [6.45, 7) is 7.61. The molecule has 0 unspecified atom stereocenters. The summed E-state index contributed by atoms with van der Waals surface area (Å²) < 4.78 is 5.26. The highest BCUT2D eigenvalue weighted by Crippen LogP contribution is 2.31.